The molecule has 1 heterocycles. The quantitative estimate of drug-likeness (QED) is 0.256. The van der Waals surface area contributed by atoms with Gasteiger partial charge in [0.25, 0.3) is 5.91 Å². The minimum atomic E-state index is 0.000806. The van der Waals surface area contributed by atoms with Gasteiger partial charge in [0, 0.05) is 37.6 Å². The SMILES string of the molecule is CCCc1ccc(-c2ccc(C(=O)NC[C@H]3CC[C@@H](Nc4nc(N(C)C)c5ccccc5n4)CC3)cc2)cc1. The number of nitrogens with zero attached hydrogens (tertiary/aromatic N) is 3. The Morgan fingerprint density at radius 2 is 1.54 bits per heavy atom. The van der Waals surface area contributed by atoms with Gasteiger partial charge in [0.2, 0.25) is 5.95 Å². The summed E-state index contributed by atoms with van der Waals surface area (Å²) >= 11 is 0. The van der Waals surface area contributed by atoms with Crippen molar-refractivity contribution in [3.8, 4) is 11.1 Å². The summed E-state index contributed by atoms with van der Waals surface area (Å²) in [7, 11) is 4.02. The standard InChI is InChI=1S/C33H39N5O/c1-4-7-23-10-14-25(15-11-23)26-16-18-27(19-17-26)32(39)34-22-24-12-20-28(21-13-24)35-33-36-30-9-6-5-8-29(30)31(37-33)38(2)3/h5-6,8-11,14-19,24,28H,4,7,12-13,20-22H2,1-3H3,(H,34,39)(H,35,36,37)/t24-,28+. The second-order valence-electron chi connectivity index (χ2n) is 10.9. The van der Waals surface area contributed by atoms with Crippen molar-refractivity contribution in [2.24, 2.45) is 5.92 Å². The number of amides is 1. The van der Waals surface area contributed by atoms with Gasteiger partial charge in [0.05, 0.1) is 5.52 Å². The molecule has 1 aliphatic carbocycles. The third-order valence-corrected chi connectivity index (χ3v) is 7.71. The van der Waals surface area contributed by atoms with E-state index in [4.69, 9.17) is 9.97 Å². The number of hydrogen-bond donors (Lipinski definition) is 2. The zero-order chi connectivity index (χ0) is 27.2. The minimum Gasteiger partial charge on any atom is -0.362 e. The zero-order valence-electron chi connectivity index (χ0n) is 23.3. The Kier molecular flexibility index (Phi) is 8.40. The summed E-state index contributed by atoms with van der Waals surface area (Å²) in [5.74, 6) is 2.11. The largest absolute Gasteiger partial charge is 0.362 e. The van der Waals surface area contributed by atoms with Gasteiger partial charge in [-0.25, -0.2) is 4.98 Å². The molecule has 0 spiro atoms. The molecular formula is C33H39N5O. The van der Waals surface area contributed by atoms with Crippen molar-refractivity contribution in [3.05, 3.63) is 83.9 Å². The number of carbonyl (C=O) groups excluding carboxylic acids is 1. The van der Waals surface area contributed by atoms with Crippen molar-refractivity contribution in [3.63, 3.8) is 0 Å². The van der Waals surface area contributed by atoms with Crippen LogP contribution in [0.3, 0.4) is 0 Å². The second-order valence-corrected chi connectivity index (χ2v) is 10.9. The number of hydrogen-bond acceptors (Lipinski definition) is 5. The van der Waals surface area contributed by atoms with E-state index < -0.39 is 0 Å². The van der Waals surface area contributed by atoms with E-state index >= 15 is 0 Å². The topological polar surface area (TPSA) is 70.2 Å². The van der Waals surface area contributed by atoms with Crippen LogP contribution in [0.25, 0.3) is 22.0 Å². The summed E-state index contributed by atoms with van der Waals surface area (Å²) < 4.78 is 0. The van der Waals surface area contributed by atoms with Gasteiger partial charge in [-0.3, -0.25) is 4.79 Å². The molecule has 0 atom stereocenters. The minimum absolute atomic E-state index is 0.000806. The summed E-state index contributed by atoms with van der Waals surface area (Å²) in [6.07, 6.45) is 6.48. The molecule has 1 saturated carbocycles. The maximum absolute atomic E-state index is 12.8. The Labute approximate surface area is 231 Å². The van der Waals surface area contributed by atoms with Gasteiger partial charge in [0.15, 0.2) is 0 Å². The number of carbonyl (C=O) groups is 1. The van der Waals surface area contributed by atoms with Gasteiger partial charge in [-0.1, -0.05) is 61.9 Å². The average Bonchev–Trinajstić information content (AvgIpc) is 2.97. The molecule has 2 N–H and O–H groups in total. The maximum atomic E-state index is 12.8. The number of benzene rings is 3. The molecule has 0 saturated heterocycles. The lowest BCUT2D eigenvalue weighted by Crippen LogP contribution is -2.34. The number of aryl methyl sites for hydroxylation is 1. The number of nitrogens with one attached hydrogen (secondary N) is 2. The molecule has 4 aromatic rings. The molecule has 5 rings (SSSR count). The normalized spacial score (nSPS) is 17.1. The van der Waals surface area contributed by atoms with Crippen LogP contribution < -0.4 is 15.5 Å². The maximum Gasteiger partial charge on any atom is 0.251 e. The fourth-order valence-electron chi connectivity index (χ4n) is 5.46. The van der Waals surface area contributed by atoms with Crippen LogP contribution in [0.4, 0.5) is 11.8 Å². The summed E-state index contributed by atoms with van der Waals surface area (Å²) in [4.78, 5) is 24.4. The molecule has 6 nitrogen and oxygen atoms in total. The first kappa shape index (κ1) is 26.7. The van der Waals surface area contributed by atoms with Crippen LogP contribution in [0.5, 0.6) is 0 Å². The lowest BCUT2D eigenvalue weighted by atomic mass is 9.86. The van der Waals surface area contributed by atoms with E-state index in [9.17, 15) is 4.79 Å². The van der Waals surface area contributed by atoms with Gasteiger partial charge in [0.1, 0.15) is 5.82 Å². The number of para-hydroxylation sites is 1. The zero-order valence-corrected chi connectivity index (χ0v) is 23.3. The van der Waals surface area contributed by atoms with Gasteiger partial charge < -0.3 is 15.5 Å². The predicted molar refractivity (Wildman–Crippen MR) is 161 cm³/mol. The predicted octanol–water partition coefficient (Wildman–Crippen LogP) is 6.72. The van der Waals surface area contributed by atoms with Gasteiger partial charge in [-0.15, -0.1) is 0 Å². The van der Waals surface area contributed by atoms with E-state index in [1.54, 1.807) is 0 Å². The highest BCUT2D eigenvalue weighted by molar-refractivity contribution is 5.94. The van der Waals surface area contributed by atoms with E-state index in [1.165, 1.54) is 11.1 Å². The number of aromatic nitrogens is 2. The lowest BCUT2D eigenvalue weighted by molar-refractivity contribution is 0.0943. The third kappa shape index (κ3) is 6.56. The molecule has 1 aromatic heterocycles. The molecule has 202 valence electrons. The molecule has 1 amide bonds. The van der Waals surface area contributed by atoms with Crippen LogP contribution in [0, 0.1) is 5.92 Å². The van der Waals surface area contributed by atoms with Crippen LogP contribution in [0.2, 0.25) is 0 Å². The number of fused-ring (bicyclic) bond motifs is 1. The van der Waals surface area contributed by atoms with Crippen molar-refractivity contribution in [1.29, 1.82) is 0 Å². The molecule has 1 fully saturated rings. The first-order valence-corrected chi connectivity index (χ1v) is 14.2. The van der Waals surface area contributed by atoms with E-state index in [-0.39, 0.29) is 5.91 Å². The van der Waals surface area contributed by atoms with Crippen LogP contribution >= 0.6 is 0 Å². The van der Waals surface area contributed by atoms with Crippen molar-refractivity contribution in [2.75, 3.05) is 30.9 Å². The molecule has 6 heteroatoms. The Balaban J connectivity index is 1.11. The first-order valence-electron chi connectivity index (χ1n) is 14.2. The third-order valence-electron chi connectivity index (χ3n) is 7.71. The van der Waals surface area contributed by atoms with Gasteiger partial charge in [-0.2, -0.15) is 4.98 Å². The Bertz CT molecular complexity index is 1390. The Morgan fingerprint density at radius 1 is 0.872 bits per heavy atom. The molecular weight excluding hydrogens is 482 g/mol. The number of rotatable bonds is 9. The highest BCUT2D eigenvalue weighted by Crippen LogP contribution is 2.28. The monoisotopic (exact) mass is 521 g/mol. The van der Waals surface area contributed by atoms with Crippen molar-refractivity contribution in [1.82, 2.24) is 15.3 Å². The molecule has 0 bridgehead atoms. The number of anilines is 2. The second kappa shape index (κ2) is 12.3. The van der Waals surface area contributed by atoms with Gasteiger partial charge in [-0.05, 0) is 79.0 Å². The van der Waals surface area contributed by atoms with E-state index in [0.29, 0.717) is 30.0 Å². The summed E-state index contributed by atoms with van der Waals surface area (Å²) in [6.45, 7) is 2.91. The van der Waals surface area contributed by atoms with Crippen LogP contribution in [-0.2, 0) is 6.42 Å². The van der Waals surface area contributed by atoms with Crippen molar-refractivity contribution >= 4 is 28.6 Å². The van der Waals surface area contributed by atoms with Crippen LogP contribution in [-0.4, -0.2) is 42.6 Å². The van der Waals surface area contributed by atoms with Crippen LogP contribution in [0.15, 0.2) is 72.8 Å². The average molecular weight is 522 g/mol. The Hall–Kier alpha value is -3.93. The fourth-order valence-corrected chi connectivity index (χ4v) is 5.46. The van der Waals surface area contributed by atoms with E-state index in [2.05, 4.69) is 47.9 Å². The van der Waals surface area contributed by atoms with Crippen LogP contribution in [0.1, 0.15) is 54.9 Å². The fraction of sp³-hybridized carbons (Fsp3) is 0.364. The van der Waals surface area contributed by atoms with Crippen molar-refractivity contribution < 1.29 is 4.79 Å². The highest BCUT2D eigenvalue weighted by Gasteiger charge is 2.23. The summed E-state index contributed by atoms with van der Waals surface area (Å²) in [5.41, 5.74) is 5.34. The van der Waals surface area contributed by atoms with E-state index in [0.717, 1.165) is 60.8 Å². The lowest BCUT2D eigenvalue weighted by Gasteiger charge is -2.29. The molecule has 3 aromatic carbocycles. The van der Waals surface area contributed by atoms with E-state index in [1.807, 2.05) is 61.5 Å². The van der Waals surface area contributed by atoms with Crippen molar-refractivity contribution in [2.45, 2.75) is 51.5 Å². The molecule has 39 heavy (non-hydrogen) atoms. The molecule has 1 aliphatic rings. The molecule has 0 unspecified atom stereocenters. The summed E-state index contributed by atoms with van der Waals surface area (Å²) in [5, 5.41) is 7.79. The summed E-state index contributed by atoms with van der Waals surface area (Å²) in [6, 6.07) is 25.1. The Morgan fingerprint density at radius 3 is 2.21 bits per heavy atom. The highest BCUT2D eigenvalue weighted by atomic mass is 16.1. The van der Waals surface area contributed by atoms with Gasteiger partial charge >= 0.3 is 0 Å². The first-order chi connectivity index (χ1) is 19.0. The smallest absolute Gasteiger partial charge is 0.251 e. The molecule has 0 radical (unpaired) electrons. The molecule has 0 aliphatic heterocycles.